The highest BCUT2D eigenvalue weighted by atomic mass is 16.2. The first kappa shape index (κ1) is 16.0. The van der Waals surface area contributed by atoms with E-state index < -0.39 is 0 Å². The molecule has 2 amide bonds. The van der Waals surface area contributed by atoms with Crippen LogP contribution in [-0.2, 0) is 4.79 Å². The van der Waals surface area contributed by atoms with E-state index in [0.717, 1.165) is 26.1 Å². The fourth-order valence-electron chi connectivity index (χ4n) is 1.89. The SMILES string of the molecule is CCCNC(=O)N1CCN(CC(=O)C(C)(C)C)CC1. The van der Waals surface area contributed by atoms with Crippen LogP contribution in [0, 0.1) is 5.41 Å². The first-order chi connectivity index (χ1) is 8.84. The summed E-state index contributed by atoms with van der Waals surface area (Å²) in [7, 11) is 0. The van der Waals surface area contributed by atoms with Crippen LogP contribution in [0.3, 0.4) is 0 Å². The molecule has 0 radical (unpaired) electrons. The van der Waals surface area contributed by atoms with E-state index in [-0.39, 0.29) is 17.2 Å². The number of rotatable bonds is 4. The molecule has 19 heavy (non-hydrogen) atoms. The summed E-state index contributed by atoms with van der Waals surface area (Å²) in [6, 6.07) is 0.0173. The minimum absolute atomic E-state index is 0.0173. The number of carbonyl (C=O) groups is 2. The highest BCUT2D eigenvalue weighted by Crippen LogP contribution is 2.15. The maximum Gasteiger partial charge on any atom is 0.317 e. The Bertz CT molecular complexity index is 315. The van der Waals surface area contributed by atoms with Gasteiger partial charge < -0.3 is 10.2 Å². The van der Waals surface area contributed by atoms with E-state index >= 15 is 0 Å². The normalized spacial score (nSPS) is 17.4. The average molecular weight is 269 g/mol. The summed E-state index contributed by atoms with van der Waals surface area (Å²) in [5, 5.41) is 2.88. The lowest BCUT2D eigenvalue weighted by Crippen LogP contribution is -2.53. The molecule has 5 heteroatoms. The fraction of sp³-hybridized carbons (Fsp3) is 0.857. The number of Topliss-reactive ketones (excluding diaryl/α,β-unsaturated/α-hetero) is 1. The second kappa shape index (κ2) is 6.89. The lowest BCUT2D eigenvalue weighted by atomic mass is 9.90. The molecular weight excluding hydrogens is 242 g/mol. The first-order valence-corrected chi connectivity index (χ1v) is 7.13. The van der Waals surface area contributed by atoms with E-state index in [2.05, 4.69) is 10.2 Å². The standard InChI is InChI=1S/C14H27N3O2/c1-5-6-15-13(19)17-9-7-16(8-10-17)11-12(18)14(2,3)4/h5-11H2,1-4H3,(H,15,19). The summed E-state index contributed by atoms with van der Waals surface area (Å²) in [5.74, 6) is 0.261. The van der Waals surface area contributed by atoms with Crippen molar-refractivity contribution in [2.45, 2.75) is 34.1 Å². The number of nitrogens with one attached hydrogen (secondary N) is 1. The zero-order valence-corrected chi connectivity index (χ0v) is 12.7. The van der Waals surface area contributed by atoms with Gasteiger partial charge in [-0.25, -0.2) is 4.79 Å². The van der Waals surface area contributed by atoms with Crippen molar-refractivity contribution in [3.8, 4) is 0 Å². The highest BCUT2D eigenvalue weighted by Gasteiger charge is 2.26. The molecule has 0 aromatic rings. The van der Waals surface area contributed by atoms with Crippen molar-refractivity contribution in [3.05, 3.63) is 0 Å². The van der Waals surface area contributed by atoms with Crippen LogP contribution in [0.5, 0.6) is 0 Å². The van der Waals surface area contributed by atoms with Gasteiger partial charge in [-0.2, -0.15) is 0 Å². The van der Waals surface area contributed by atoms with Gasteiger partial charge in [0.15, 0.2) is 5.78 Å². The third-order valence-corrected chi connectivity index (χ3v) is 3.39. The van der Waals surface area contributed by atoms with Crippen molar-refractivity contribution in [3.63, 3.8) is 0 Å². The minimum atomic E-state index is -0.282. The Kier molecular flexibility index (Phi) is 5.79. The van der Waals surface area contributed by atoms with Crippen LogP contribution < -0.4 is 5.32 Å². The monoisotopic (exact) mass is 269 g/mol. The molecular formula is C14H27N3O2. The van der Waals surface area contributed by atoms with Crippen LogP contribution in [-0.4, -0.2) is 60.9 Å². The molecule has 1 rings (SSSR count). The van der Waals surface area contributed by atoms with Gasteiger partial charge in [0.25, 0.3) is 0 Å². The molecule has 0 saturated carbocycles. The predicted octanol–water partition coefficient (Wildman–Crippen LogP) is 1.34. The second-order valence-corrected chi connectivity index (χ2v) is 6.17. The van der Waals surface area contributed by atoms with E-state index in [9.17, 15) is 9.59 Å². The van der Waals surface area contributed by atoms with Gasteiger partial charge >= 0.3 is 6.03 Å². The molecule has 0 aliphatic carbocycles. The molecule has 1 fully saturated rings. The van der Waals surface area contributed by atoms with Crippen LogP contribution in [0.1, 0.15) is 34.1 Å². The zero-order chi connectivity index (χ0) is 14.5. The van der Waals surface area contributed by atoms with Crippen LogP contribution in [0.15, 0.2) is 0 Å². The van der Waals surface area contributed by atoms with Crippen LogP contribution >= 0.6 is 0 Å². The molecule has 1 aliphatic rings. The lowest BCUT2D eigenvalue weighted by Gasteiger charge is -2.35. The Hall–Kier alpha value is -1.10. The molecule has 0 bridgehead atoms. The maximum atomic E-state index is 12.0. The summed E-state index contributed by atoms with van der Waals surface area (Å²) in [4.78, 5) is 27.7. The van der Waals surface area contributed by atoms with Crippen molar-refractivity contribution < 1.29 is 9.59 Å². The third kappa shape index (κ3) is 5.19. The van der Waals surface area contributed by atoms with Crippen LogP contribution in [0.2, 0.25) is 0 Å². The summed E-state index contributed by atoms with van der Waals surface area (Å²) < 4.78 is 0. The summed E-state index contributed by atoms with van der Waals surface area (Å²) in [5.41, 5.74) is -0.282. The minimum Gasteiger partial charge on any atom is -0.338 e. The number of amides is 2. The van der Waals surface area contributed by atoms with Gasteiger partial charge in [0.1, 0.15) is 0 Å². The Morgan fingerprint density at radius 3 is 2.16 bits per heavy atom. The Balaban J connectivity index is 2.33. The average Bonchev–Trinajstić information content (AvgIpc) is 2.35. The summed E-state index contributed by atoms with van der Waals surface area (Å²) in [6.07, 6.45) is 0.950. The van der Waals surface area contributed by atoms with Crippen molar-refractivity contribution in [1.29, 1.82) is 0 Å². The molecule has 0 atom stereocenters. The highest BCUT2D eigenvalue weighted by molar-refractivity contribution is 5.85. The summed E-state index contributed by atoms with van der Waals surface area (Å²) >= 11 is 0. The summed E-state index contributed by atoms with van der Waals surface area (Å²) in [6.45, 7) is 12.1. The molecule has 1 heterocycles. The van der Waals surface area contributed by atoms with E-state index in [1.165, 1.54) is 0 Å². The van der Waals surface area contributed by atoms with Gasteiger partial charge in [-0.05, 0) is 6.42 Å². The second-order valence-electron chi connectivity index (χ2n) is 6.17. The Labute approximate surface area is 116 Å². The van der Waals surface area contributed by atoms with Gasteiger partial charge in [-0.15, -0.1) is 0 Å². The number of urea groups is 1. The molecule has 0 aromatic carbocycles. The molecule has 1 aliphatic heterocycles. The first-order valence-electron chi connectivity index (χ1n) is 7.13. The maximum absolute atomic E-state index is 12.0. The molecule has 1 N–H and O–H groups in total. The number of nitrogens with zero attached hydrogens (tertiary/aromatic N) is 2. The van der Waals surface area contributed by atoms with Gasteiger partial charge in [0, 0.05) is 38.1 Å². The number of ketones is 1. The number of piperazine rings is 1. The Morgan fingerprint density at radius 2 is 1.68 bits per heavy atom. The van der Waals surface area contributed by atoms with E-state index in [1.807, 2.05) is 32.6 Å². The van der Waals surface area contributed by atoms with Gasteiger partial charge in [0.05, 0.1) is 6.54 Å². The van der Waals surface area contributed by atoms with Crippen molar-refractivity contribution in [2.24, 2.45) is 5.41 Å². The zero-order valence-electron chi connectivity index (χ0n) is 12.7. The Morgan fingerprint density at radius 1 is 1.11 bits per heavy atom. The number of carbonyl (C=O) groups excluding carboxylic acids is 2. The van der Waals surface area contributed by atoms with E-state index in [1.54, 1.807) is 0 Å². The number of hydrogen-bond donors (Lipinski definition) is 1. The predicted molar refractivity (Wildman–Crippen MR) is 76.2 cm³/mol. The lowest BCUT2D eigenvalue weighted by molar-refractivity contribution is -0.127. The van der Waals surface area contributed by atoms with Crippen molar-refractivity contribution >= 4 is 11.8 Å². The third-order valence-electron chi connectivity index (χ3n) is 3.39. The number of hydrogen-bond acceptors (Lipinski definition) is 3. The van der Waals surface area contributed by atoms with E-state index in [4.69, 9.17) is 0 Å². The van der Waals surface area contributed by atoms with Crippen LogP contribution in [0.4, 0.5) is 4.79 Å². The van der Waals surface area contributed by atoms with Gasteiger partial charge in [-0.3, -0.25) is 9.69 Å². The van der Waals surface area contributed by atoms with E-state index in [0.29, 0.717) is 19.6 Å². The van der Waals surface area contributed by atoms with Crippen LogP contribution in [0.25, 0.3) is 0 Å². The molecule has 1 saturated heterocycles. The largest absolute Gasteiger partial charge is 0.338 e. The van der Waals surface area contributed by atoms with Gasteiger partial charge in [-0.1, -0.05) is 27.7 Å². The van der Waals surface area contributed by atoms with Crippen molar-refractivity contribution in [2.75, 3.05) is 39.3 Å². The smallest absolute Gasteiger partial charge is 0.317 e. The van der Waals surface area contributed by atoms with Gasteiger partial charge in [0.2, 0.25) is 0 Å². The quantitative estimate of drug-likeness (QED) is 0.838. The fourth-order valence-corrected chi connectivity index (χ4v) is 1.89. The molecule has 0 unspecified atom stereocenters. The molecule has 5 nitrogen and oxygen atoms in total. The topological polar surface area (TPSA) is 52.7 Å². The van der Waals surface area contributed by atoms with Crippen molar-refractivity contribution in [1.82, 2.24) is 15.1 Å². The molecule has 110 valence electrons. The molecule has 0 aromatic heterocycles. The molecule has 0 spiro atoms.